The second kappa shape index (κ2) is 7.06. The van der Waals surface area contributed by atoms with E-state index in [1.807, 2.05) is 0 Å². The molecule has 3 nitrogen and oxygen atoms in total. The van der Waals surface area contributed by atoms with Crippen LogP contribution < -0.4 is 0 Å². The van der Waals surface area contributed by atoms with Gasteiger partial charge in [0.05, 0.1) is 6.26 Å². The Kier molecular flexibility index (Phi) is 5.01. The van der Waals surface area contributed by atoms with E-state index in [-0.39, 0.29) is 11.6 Å². The summed E-state index contributed by atoms with van der Waals surface area (Å²) in [6, 6.07) is 12.4. The van der Waals surface area contributed by atoms with Gasteiger partial charge in [-0.05, 0) is 53.8 Å². The van der Waals surface area contributed by atoms with E-state index in [1.54, 1.807) is 24.3 Å². The number of hydrogen-bond donors (Lipinski definition) is 0. The van der Waals surface area contributed by atoms with Crippen molar-refractivity contribution in [3.8, 4) is 0 Å². The molecule has 0 saturated carbocycles. The number of nitrogens with zero attached hydrogens (tertiary/aromatic N) is 1. The number of hydrogen-bond acceptors (Lipinski definition) is 2. The highest BCUT2D eigenvalue weighted by atomic mass is 32.2. The van der Waals surface area contributed by atoms with Crippen molar-refractivity contribution in [2.24, 2.45) is 0 Å². The predicted octanol–water partition coefficient (Wildman–Crippen LogP) is 3.82. The zero-order valence-electron chi connectivity index (χ0n) is 13.9. The van der Waals surface area contributed by atoms with E-state index >= 15 is 0 Å². The summed E-state index contributed by atoms with van der Waals surface area (Å²) in [5, 5.41) is 0. The van der Waals surface area contributed by atoms with Crippen molar-refractivity contribution >= 4 is 15.6 Å². The van der Waals surface area contributed by atoms with Gasteiger partial charge in [-0.1, -0.05) is 29.8 Å². The Balaban J connectivity index is 2.02. The lowest BCUT2D eigenvalue weighted by molar-refractivity contribution is 0.391. The number of benzene rings is 2. The summed E-state index contributed by atoms with van der Waals surface area (Å²) in [5.74, 6) is -0.641. The smallest absolute Gasteiger partial charge is 0.211 e. The largest absolute Gasteiger partial charge is 0.213 e. The van der Waals surface area contributed by atoms with Crippen molar-refractivity contribution in [3.05, 3.63) is 76.9 Å². The van der Waals surface area contributed by atoms with Crippen LogP contribution in [0.15, 0.2) is 54.1 Å². The summed E-state index contributed by atoms with van der Waals surface area (Å²) in [6.45, 7) is 0.833. The van der Waals surface area contributed by atoms with E-state index in [1.165, 1.54) is 34.8 Å². The minimum Gasteiger partial charge on any atom is -0.213 e. The Labute approximate surface area is 146 Å². The number of sulfonamides is 1. The second-order valence-electron chi connectivity index (χ2n) is 6.15. The van der Waals surface area contributed by atoms with Crippen LogP contribution in [0.5, 0.6) is 0 Å². The molecule has 1 aliphatic heterocycles. The number of rotatable bonds is 3. The molecule has 1 heterocycles. The zero-order valence-corrected chi connectivity index (χ0v) is 14.7. The second-order valence-corrected chi connectivity index (χ2v) is 8.14. The molecular formula is C19H19F2NO2S. The monoisotopic (exact) mass is 363 g/mol. The van der Waals surface area contributed by atoms with Gasteiger partial charge in [0.15, 0.2) is 0 Å². The summed E-state index contributed by atoms with van der Waals surface area (Å²) in [4.78, 5) is 0. The molecule has 0 atom stereocenters. The Bertz CT molecular complexity index is 831. The van der Waals surface area contributed by atoms with Crippen LogP contribution >= 0.6 is 0 Å². The standard InChI is InChI=1S/C19H19F2NO2S/c1-25(23,24)22-12-10-16(11-13-22)19(14-2-6-17(20)7-3-14)15-4-8-18(21)9-5-15/h2-9H,10-13H2,1H3. The van der Waals surface area contributed by atoms with Gasteiger partial charge in [0.25, 0.3) is 0 Å². The topological polar surface area (TPSA) is 37.4 Å². The van der Waals surface area contributed by atoms with Crippen molar-refractivity contribution < 1.29 is 17.2 Å². The first kappa shape index (κ1) is 17.8. The molecule has 0 bridgehead atoms. The lowest BCUT2D eigenvalue weighted by Gasteiger charge is -2.28. The van der Waals surface area contributed by atoms with Crippen LogP contribution in [-0.4, -0.2) is 32.1 Å². The normalized spacial score (nSPS) is 16.0. The van der Waals surface area contributed by atoms with E-state index in [4.69, 9.17) is 0 Å². The van der Waals surface area contributed by atoms with Gasteiger partial charge in [0, 0.05) is 13.1 Å². The first-order valence-corrected chi connectivity index (χ1v) is 9.88. The summed E-state index contributed by atoms with van der Waals surface area (Å²) in [5.41, 5.74) is 3.71. The summed E-state index contributed by atoms with van der Waals surface area (Å²) >= 11 is 0. The van der Waals surface area contributed by atoms with Crippen molar-refractivity contribution in [1.82, 2.24) is 4.31 Å². The molecule has 1 aliphatic rings. The third-order valence-electron chi connectivity index (χ3n) is 4.41. The average molecular weight is 363 g/mol. The maximum Gasteiger partial charge on any atom is 0.211 e. The van der Waals surface area contributed by atoms with Crippen LogP contribution in [0.1, 0.15) is 24.0 Å². The van der Waals surface area contributed by atoms with Crippen LogP contribution in [0, 0.1) is 11.6 Å². The fourth-order valence-electron chi connectivity index (χ4n) is 3.15. The molecule has 6 heteroatoms. The molecule has 0 radical (unpaired) electrons. The Morgan fingerprint density at radius 3 is 1.60 bits per heavy atom. The minimum absolute atomic E-state index is 0.320. The maximum atomic E-state index is 13.3. The molecule has 0 amide bonds. The minimum atomic E-state index is -3.20. The van der Waals surface area contributed by atoms with E-state index in [0.717, 1.165) is 22.3 Å². The van der Waals surface area contributed by atoms with Crippen molar-refractivity contribution in [1.29, 1.82) is 0 Å². The Morgan fingerprint density at radius 2 is 1.24 bits per heavy atom. The maximum absolute atomic E-state index is 13.3. The van der Waals surface area contributed by atoms with Gasteiger partial charge in [0.2, 0.25) is 10.0 Å². The molecule has 3 rings (SSSR count). The van der Waals surface area contributed by atoms with Gasteiger partial charge in [-0.3, -0.25) is 0 Å². The van der Waals surface area contributed by atoms with Gasteiger partial charge in [-0.2, -0.15) is 0 Å². The van der Waals surface area contributed by atoms with Crippen LogP contribution in [0.2, 0.25) is 0 Å². The van der Waals surface area contributed by atoms with E-state index in [9.17, 15) is 17.2 Å². The van der Waals surface area contributed by atoms with Crippen LogP contribution in [-0.2, 0) is 10.0 Å². The summed E-state index contributed by atoms with van der Waals surface area (Å²) < 4.78 is 51.5. The molecule has 0 spiro atoms. The van der Waals surface area contributed by atoms with Crippen molar-refractivity contribution in [2.45, 2.75) is 12.8 Å². The Morgan fingerprint density at radius 1 is 0.840 bits per heavy atom. The van der Waals surface area contributed by atoms with Gasteiger partial charge >= 0.3 is 0 Å². The van der Waals surface area contributed by atoms with Gasteiger partial charge in [0.1, 0.15) is 11.6 Å². The summed E-state index contributed by atoms with van der Waals surface area (Å²) in [6.07, 6.45) is 2.40. The highest BCUT2D eigenvalue weighted by Crippen LogP contribution is 2.33. The molecule has 25 heavy (non-hydrogen) atoms. The van der Waals surface area contributed by atoms with Crippen LogP contribution in [0.25, 0.3) is 5.57 Å². The fraction of sp³-hybridized carbons (Fsp3) is 0.263. The van der Waals surface area contributed by atoms with Crippen LogP contribution in [0.3, 0.4) is 0 Å². The molecule has 132 valence electrons. The van der Waals surface area contributed by atoms with E-state index in [0.29, 0.717) is 25.9 Å². The first-order valence-electron chi connectivity index (χ1n) is 8.03. The number of halogens is 2. The third-order valence-corrected chi connectivity index (χ3v) is 5.72. The molecule has 0 aromatic heterocycles. The molecular weight excluding hydrogens is 344 g/mol. The van der Waals surface area contributed by atoms with E-state index in [2.05, 4.69) is 0 Å². The van der Waals surface area contributed by atoms with Gasteiger partial charge in [-0.15, -0.1) is 0 Å². The lowest BCUT2D eigenvalue weighted by Crippen LogP contribution is -2.35. The quantitative estimate of drug-likeness (QED) is 0.831. The molecule has 2 aromatic carbocycles. The highest BCUT2D eigenvalue weighted by molar-refractivity contribution is 7.88. The zero-order chi connectivity index (χ0) is 18.0. The van der Waals surface area contributed by atoms with Crippen molar-refractivity contribution in [2.75, 3.05) is 19.3 Å². The van der Waals surface area contributed by atoms with Gasteiger partial charge in [-0.25, -0.2) is 21.5 Å². The molecule has 1 saturated heterocycles. The molecule has 1 fully saturated rings. The SMILES string of the molecule is CS(=O)(=O)N1CCC(=C(c2ccc(F)cc2)c2ccc(F)cc2)CC1. The Hall–Kier alpha value is -2.05. The molecule has 0 unspecified atom stereocenters. The third kappa shape index (κ3) is 4.14. The van der Waals surface area contributed by atoms with E-state index < -0.39 is 10.0 Å². The number of piperidine rings is 1. The van der Waals surface area contributed by atoms with Gasteiger partial charge < -0.3 is 0 Å². The first-order chi connectivity index (χ1) is 11.8. The highest BCUT2D eigenvalue weighted by Gasteiger charge is 2.24. The average Bonchev–Trinajstić information content (AvgIpc) is 2.58. The lowest BCUT2D eigenvalue weighted by atomic mass is 9.89. The fourth-order valence-corrected chi connectivity index (χ4v) is 3.99. The summed E-state index contributed by atoms with van der Waals surface area (Å²) in [7, 11) is -3.20. The molecule has 2 aromatic rings. The predicted molar refractivity (Wildman–Crippen MR) is 94.5 cm³/mol. The van der Waals surface area contributed by atoms with Crippen molar-refractivity contribution in [3.63, 3.8) is 0 Å². The molecule has 0 N–H and O–H groups in total. The molecule has 0 aliphatic carbocycles. The van der Waals surface area contributed by atoms with Crippen LogP contribution in [0.4, 0.5) is 8.78 Å².